The van der Waals surface area contributed by atoms with E-state index < -0.39 is 4.92 Å². The number of hydrogen-bond donors (Lipinski definition) is 1. The van der Waals surface area contributed by atoms with Gasteiger partial charge in [-0.1, -0.05) is 29.8 Å². The number of nitro benzene ring substituents is 1. The van der Waals surface area contributed by atoms with Gasteiger partial charge in [0.25, 0.3) is 11.6 Å². The van der Waals surface area contributed by atoms with Crippen LogP contribution in [0.5, 0.6) is 5.75 Å². The van der Waals surface area contributed by atoms with E-state index in [1.54, 1.807) is 4.90 Å². The van der Waals surface area contributed by atoms with Gasteiger partial charge < -0.3 is 15.0 Å². The number of nitrogens with zero attached hydrogens (tertiary/aromatic N) is 2. The van der Waals surface area contributed by atoms with Gasteiger partial charge in [-0.05, 0) is 31.0 Å². The first kappa shape index (κ1) is 20.6. The quantitative estimate of drug-likeness (QED) is 0.572. The summed E-state index contributed by atoms with van der Waals surface area (Å²) in [6, 6.07) is 13.1. The van der Waals surface area contributed by atoms with Crippen molar-refractivity contribution in [3.8, 4) is 5.75 Å². The van der Waals surface area contributed by atoms with Gasteiger partial charge in [0.15, 0.2) is 6.61 Å². The van der Waals surface area contributed by atoms with Gasteiger partial charge in [0, 0.05) is 36.8 Å². The van der Waals surface area contributed by atoms with E-state index in [4.69, 9.17) is 16.3 Å². The van der Waals surface area contributed by atoms with E-state index in [1.165, 1.54) is 18.2 Å². The molecular weight excluding hydrogens is 398 g/mol. The average molecular weight is 418 g/mol. The van der Waals surface area contributed by atoms with Gasteiger partial charge in [-0.2, -0.15) is 0 Å². The second-order valence-electron chi connectivity index (χ2n) is 6.67. The Balaban J connectivity index is 1.46. The number of carbonyl (C=O) groups excluding carboxylic acids is 2. The molecule has 29 heavy (non-hydrogen) atoms. The summed E-state index contributed by atoms with van der Waals surface area (Å²) in [6.07, 6.45) is 1.14. The van der Waals surface area contributed by atoms with Crippen LogP contribution in [0, 0.1) is 16.0 Å². The zero-order valence-corrected chi connectivity index (χ0v) is 16.3. The number of piperidine rings is 1. The van der Waals surface area contributed by atoms with Crippen LogP contribution in [0.4, 0.5) is 11.4 Å². The zero-order valence-electron chi connectivity index (χ0n) is 15.5. The minimum absolute atomic E-state index is 0.0442. The van der Waals surface area contributed by atoms with E-state index in [0.29, 0.717) is 25.9 Å². The van der Waals surface area contributed by atoms with Crippen LogP contribution in [0.2, 0.25) is 5.02 Å². The fourth-order valence-electron chi connectivity index (χ4n) is 3.11. The van der Waals surface area contributed by atoms with Crippen molar-refractivity contribution in [2.24, 2.45) is 5.92 Å². The number of carbonyl (C=O) groups is 2. The Labute approximate surface area is 172 Å². The van der Waals surface area contributed by atoms with Crippen LogP contribution in [-0.4, -0.2) is 41.3 Å². The van der Waals surface area contributed by atoms with Crippen LogP contribution in [0.15, 0.2) is 48.5 Å². The molecule has 152 valence electrons. The van der Waals surface area contributed by atoms with Gasteiger partial charge in [-0.15, -0.1) is 0 Å². The highest BCUT2D eigenvalue weighted by Crippen LogP contribution is 2.28. The summed E-state index contributed by atoms with van der Waals surface area (Å²) in [5.41, 5.74) is 0.605. The molecule has 2 amide bonds. The first-order valence-electron chi connectivity index (χ1n) is 9.14. The molecule has 1 aliphatic rings. The van der Waals surface area contributed by atoms with Crippen molar-refractivity contribution in [3.05, 3.63) is 63.7 Å². The molecule has 1 saturated heterocycles. The number of likely N-dealkylation sites (tertiary alicyclic amines) is 1. The Morgan fingerprint density at radius 3 is 2.48 bits per heavy atom. The summed E-state index contributed by atoms with van der Waals surface area (Å²) in [6.45, 7) is 0.699. The van der Waals surface area contributed by atoms with Crippen LogP contribution in [0.1, 0.15) is 12.8 Å². The van der Waals surface area contributed by atoms with Crippen molar-refractivity contribution in [2.75, 3.05) is 25.0 Å². The first-order chi connectivity index (χ1) is 13.9. The number of halogens is 1. The molecule has 2 aromatic carbocycles. The van der Waals surface area contributed by atoms with Crippen LogP contribution in [0.3, 0.4) is 0 Å². The molecule has 0 saturated carbocycles. The number of nitro groups is 1. The number of ether oxygens (including phenoxy) is 1. The molecular formula is C20H20ClN3O5. The Bertz CT molecular complexity index is 898. The molecule has 3 rings (SSSR count). The van der Waals surface area contributed by atoms with Gasteiger partial charge in [-0.3, -0.25) is 19.7 Å². The summed E-state index contributed by atoms with van der Waals surface area (Å²) in [4.78, 5) is 36.6. The SMILES string of the molecule is O=C(Nc1ccccc1)C1CCN(C(=O)COc2ccc([N+](=O)[O-])cc2Cl)CC1. The fourth-order valence-corrected chi connectivity index (χ4v) is 3.34. The van der Waals surface area contributed by atoms with Gasteiger partial charge in [0.2, 0.25) is 5.91 Å². The lowest BCUT2D eigenvalue weighted by Gasteiger charge is -2.31. The number of nitrogens with one attached hydrogen (secondary N) is 1. The first-order valence-corrected chi connectivity index (χ1v) is 9.52. The predicted molar refractivity (Wildman–Crippen MR) is 108 cm³/mol. The third kappa shape index (κ3) is 5.45. The molecule has 9 heteroatoms. The highest BCUT2D eigenvalue weighted by Gasteiger charge is 2.27. The van der Waals surface area contributed by atoms with Gasteiger partial charge >= 0.3 is 0 Å². The number of para-hydroxylation sites is 1. The van der Waals surface area contributed by atoms with Gasteiger partial charge in [0.1, 0.15) is 5.75 Å². The number of non-ortho nitro benzene ring substituents is 1. The largest absolute Gasteiger partial charge is 0.482 e. The topological polar surface area (TPSA) is 102 Å². The van der Waals surface area contributed by atoms with E-state index in [1.807, 2.05) is 30.3 Å². The molecule has 0 radical (unpaired) electrons. The van der Waals surface area contributed by atoms with Crippen molar-refractivity contribution >= 4 is 34.8 Å². The molecule has 1 aliphatic heterocycles. The number of amides is 2. The number of rotatable bonds is 6. The van der Waals surface area contributed by atoms with Crippen molar-refractivity contribution in [2.45, 2.75) is 12.8 Å². The van der Waals surface area contributed by atoms with Gasteiger partial charge in [-0.25, -0.2) is 0 Å². The summed E-state index contributed by atoms with van der Waals surface area (Å²) < 4.78 is 5.41. The molecule has 0 bridgehead atoms. The third-order valence-electron chi connectivity index (χ3n) is 4.74. The molecule has 1 heterocycles. The maximum atomic E-state index is 12.4. The van der Waals surface area contributed by atoms with E-state index in [2.05, 4.69) is 5.32 Å². The molecule has 0 aliphatic carbocycles. The summed E-state index contributed by atoms with van der Waals surface area (Å²) in [7, 11) is 0. The van der Waals surface area contributed by atoms with Crippen molar-refractivity contribution in [1.29, 1.82) is 0 Å². The maximum absolute atomic E-state index is 12.4. The molecule has 0 spiro atoms. The lowest BCUT2D eigenvalue weighted by molar-refractivity contribution is -0.384. The minimum atomic E-state index is -0.557. The minimum Gasteiger partial charge on any atom is -0.482 e. The lowest BCUT2D eigenvalue weighted by Crippen LogP contribution is -2.43. The smallest absolute Gasteiger partial charge is 0.271 e. The Morgan fingerprint density at radius 1 is 1.17 bits per heavy atom. The highest BCUT2D eigenvalue weighted by atomic mass is 35.5. The monoisotopic (exact) mass is 417 g/mol. The molecule has 1 fully saturated rings. The molecule has 0 aromatic heterocycles. The zero-order chi connectivity index (χ0) is 20.8. The van der Waals surface area contributed by atoms with Crippen molar-refractivity contribution < 1.29 is 19.2 Å². The fraction of sp³-hybridized carbons (Fsp3) is 0.300. The van der Waals surface area contributed by atoms with Crippen molar-refractivity contribution in [3.63, 3.8) is 0 Å². The Morgan fingerprint density at radius 2 is 1.86 bits per heavy atom. The molecule has 0 unspecified atom stereocenters. The normalized spacial score (nSPS) is 14.3. The van der Waals surface area contributed by atoms with Crippen LogP contribution in [0.25, 0.3) is 0 Å². The number of hydrogen-bond acceptors (Lipinski definition) is 5. The van der Waals surface area contributed by atoms with Crippen molar-refractivity contribution in [1.82, 2.24) is 4.90 Å². The summed E-state index contributed by atoms with van der Waals surface area (Å²) >= 11 is 5.96. The number of benzene rings is 2. The third-order valence-corrected chi connectivity index (χ3v) is 5.03. The molecule has 2 aromatic rings. The van der Waals surface area contributed by atoms with E-state index in [0.717, 1.165) is 5.69 Å². The Hall–Kier alpha value is -3.13. The van der Waals surface area contributed by atoms with Crippen LogP contribution < -0.4 is 10.1 Å². The second kappa shape index (κ2) is 9.38. The highest BCUT2D eigenvalue weighted by molar-refractivity contribution is 6.32. The maximum Gasteiger partial charge on any atom is 0.271 e. The van der Waals surface area contributed by atoms with Crippen LogP contribution in [-0.2, 0) is 9.59 Å². The van der Waals surface area contributed by atoms with Gasteiger partial charge in [0.05, 0.1) is 9.95 Å². The molecule has 1 N–H and O–H groups in total. The molecule has 0 atom stereocenters. The second-order valence-corrected chi connectivity index (χ2v) is 7.08. The Kier molecular flexibility index (Phi) is 6.66. The summed E-state index contributed by atoms with van der Waals surface area (Å²) in [5.74, 6) is -0.203. The van der Waals surface area contributed by atoms with Crippen LogP contribution >= 0.6 is 11.6 Å². The summed E-state index contributed by atoms with van der Waals surface area (Å²) in [5, 5.41) is 13.7. The predicted octanol–water partition coefficient (Wildman–Crippen LogP) is 3.50. The van der Waals surface area contributed by atoms with E-state index in [-0.39, 0.29) is 40.8 Å². The standard InChI is InChI=1S/C20H20ClN3O5/c21-17-12-16(24(27)28)6-7-18(17)29-13-19(25)23-10-8-14(9-11-23)20(26)22-15-4-2-1-3-5-15/h1-7,12,14H,8-11,13H2,(H,22,26). The molecule has 8 nitrogen and oxygen atoms in total. The van der Waals surface area contributed by atoms with E-state index >= 15 is 0 Å². The average Bonchev–Trinajstić information content (AvgIpc) is 2.73. The van der Waals surface area contributed by atoms with E-state index in [9.17, 15) is 19.7 Å². The lowest BCUT2D eigenvalue weighted by atomic mass is 9.95. The number of anilines is 1.